The van der Waals surface area contributed by atoms with E-state index >= 15 is 0 Å². The Morgan fingerprint density at radius 3 is 2.53 bits per heavy atom. The molecule has 0 amide bonds. The summed E-state index contributed by atoms with van der Waals surface area (Å²) in [5.41, 5.74) is 0.516. The molecule has 0 bridgehead atoms. The fourth-order valence-electron chi connectivity index (χ4n) is 2.90. The molecule has 0 aromatic rings. The van der Waals surface area contributed by atoms with Crippen molar-refractivity contribution in [3.05, 3.63) is 0 Å². The maximum absolute atomic E-state index is 3.61. The van der Waals surface area contributed by atoms with Crippen LogP contribution >= 0.6 is 0 Å². The second-order valence-electron chi connectivity index (χ2n) is 6.74. The molecule has 0 saturated carbocycles. The zero-order valence-electron chi connectivity index (χ0n) is 12.6. The summed E-state index contributed by atoms with van der Waals surface area (Å²) in [6.07, 6.45) is 5.38. The van der Waals surface area contributed by atoms with Gasteiger partial charge in [0, 0.05) is 25.2 Å². The van der Waals surface area contributed by atoms with Crippen LogP contribution < -0.4 is 5.32 Å². The van der Waals surface area contributed by atoms with Crippen LogP contribution in [0.1, 0.15) is 60.3 Å². The average Bonchev–Trinajstić information content (AvgIpc) is 2.22. The van der Waals surface area contributed by atoms with E-state index in [-0.39, 0.29) is 0 Å². The Bertz CT molecular complexity index is 211. The SMILES string of the molecule is CCCC(CNC(C)C)N1CCCC(C)(C)C1. The van der Waals surface area contributed by atoms with Crippen LogP contribution in [0.25, 0.3) is 0 Å². The van der Waals surface area contributed by atoms with Gasteiger partial charge in [0.1, 0.15) is 0 Å². The maximum atomic E-state index is 3.61. The molecule has 102 valence electrons. The summed E-state index contributed by atoms with van der Waals surface area (Å²) in [6.45, 7) is 15.3. The van der Waals surface area contributed by atoms with Crippen molar-refractivity contribution in [3.63, 3.8) is 0 Å². The van der Waals surface area contributed by atoms with Gasteiger partial charge in [-0.15, -0.1) is 0 Å². The predicted molar refractivity (Wildman–Crippen MR) is 76.4 cm³/mol. The van der Waals surface area contributed by atoms with E-state index in [0.29, 0.717) is 11.5 Å². The van der Waals surface area contributed by atoms with E-state index in [1.807, 2.05) is 0 Å². The third kappa shape index (κ3) is 5.39. The molecular formula is C15H32N2. The molecule has 1 aliphatic heterocycles. The highest BCUT2D eigenvalue weighted by atomic mass is 15.2. The molecule has 1 aliphatic rings. The molecule has 2 nitrogen and oxygen atoms in total. The standard InChI is InChI=1S/C15H32N2/c1-6-8-14(11-16-13(2)3)17-10-7-9-15(4,5)12-17/h13-14,16H,6-12H2,1-5H3. The summed E-state index contributed by atoms with van der Waals surface area (Å²) in [5.74, 6) is 0. The summed E-state index contributed by atoms with van der Waals surface area (Å²) in [7, 11) is 0. The van der Waals surface area contributed by atoms with Crippen LogP contribution in [-0.4, -0.2) is 36.6 Å². The lowest BCUT2D eigenvalue weighted by Crippen LogP contribution is -2.50. The minimum Gasteiger partial charge on any atom is -0.313 e. The number of hydrogen-bond donors (Lipinski definition) is 1. The Balaban J connectivity index is 2.50. The normalized spacial score (nSPS) is 22.9. The second-order valence-corrected chi connectivity index (χ2v) is 6.74. The molecule has 1 saturated heterocycles. The van der Waals surface area contributed by atoms with E-state index in [1.165, 1.54) is 38.8 Å². The van der Waals surface area contributed by atoms with Crippen molar-refractivity contribution < 1.29 is 0 Å². The summed E-state index contributed by atoms with van der Waals surface area (Å²) < 4.78 is 0. The Morgan fingerprint density at radius 1 is 1.29 bits per heavy atom. The summed E-state index contributed by atoms with van der Waals surface area (Å²) >= 11 is 0. The number of nitrogens with zero attached hydrogens (tertiary/aromatic N) is 1. The molecule has 0 radical (unpaired) electrons. The first kappa shape index (κ1) is 15.0. The van der Waals surface area contributed by atoms with Crippen LogP contribution in [0.3, 0.4) is 0 Å². The predicted octanol–water partition coefficient (Wildman–Crippen LogP) is 3.28. The lowest BCUT2D eigenvalue weighted by atomic mass is 9.83. The first-order valence-corrected chi connectivity index (χ1v) is 7.42. The van der Waals surface area contributed by atoms with Gasteiger partial charge in [-0.25, -0.2) is 0 Å². The van der Waals surface area contributed by atoms with Gasteiger partial charge in [0.05, 0.1) is 0 Å². The van der Waals surface area contributed by atoms with Gasteiger partial charge in [0.15, 0.2) is 0 Å². The fraction of sp³-hybridized carbons (Fsp3) is 1.00. The molecule has 1 atom stereocenters. The van der Waals surface area contributed by atoms with Crippen molar-refractivity contribution in [2.45, 2.75) is 72.4 Å². The number of hydrogen-bond acceptors (Lipinski definition) is 2. The molecule has 1 fully saturated rings. The molecule has 1 N–H and O–H groups in total. The van der Waals surface area contributed by atoms with Crippen LogP contribution in [0.5, 0.6) is 0 Å². The van der Waals surface area contributed by atoms with E-state index in [9.17, 15) is 0 Å². The molecule has 0 aromatic heterocycles. The number of likely N-dealkylation sites (tertiary alicyclic amines) is 1. The number of rotatable bonds is 6. The number of piperidine rings is 1. The zero-order chi connectivity index (χ0) is 12.9. The summed E-state index contributed by atoms with van der Waals surface area (Å²) in [6, 6.07) is 1.34. The van der Waals surface area contributed by atoms with Crippen LogP contribution in [0.4, 0.5) is 0 Å². The second kappa shape index (κ2) is 6.75. The lowest BCUT2D eigenvalue weighted by molar-refractivity contribution is 0.0726. The van der Waals surface area contributed by atoms with E-state index < -0.39 is 0 Å². The largest absolute Gasteiger partial charge is 0.313 e. The van der Waals surface area contributed by atoms with Crippen molar-refractivity contribution in [1.29, 1.82) is 0 Å². The molecule has 1 rings (SSSR count). The average molecular weight is 240 g/mol. The van der Waals surface area contributed by atoms with E-state index in [2.05, 4.69) is 44.8 Å². The minimum atomic E-state index is 0.516. The smallest absolute Gasteiger partial charge is 0.0220 e. The fourth-order valence-corrected chi connectivity index (χ4v) is 2.90. The topological polar surface area (TPSA) is 15.3 Å². The van der Waals surface area contributed by atoms with Gasteiger partial charge in [0.2, 0.25) is 0 Å². The van der Waals surface area contributed by atoms with Crippen molar-refractivity contribution in [1.82, 2.24) is 10.2 Å². The van der Waals surface area contributed by atoms with Crippen molar-refractivity contribution in [3.8, 4) is 0 Å². The first-order valence-electron chi connectivity index (χ1n) is 7.42. The van der Waals surface area contributed by atoms with Crippen molar-refractivity contribution in [2.75, 3.05) is 19.6 Å². The zero-order valence-corrected chi connectivity index (χ0v) is 12.6. The van der Waals surface area contributed by atoms with Crippen LogP contribution in [0.2, 0.25) is 0 Å². The Morgan fingerprint density at radius 2 is 2.00 bits per heavy atom. The number of nitrogens with one attached hydrogen (secondary N) is 1. The van der Waals surface area contributed by atoms with Gasteiger partial charge < -0.3 is 5.32 Å². The molecule has 2 heteroatoms. The van der Waals surface area contributed by atoms with E-state index in [1.54, 1.807) is 0 Å². The van der Waals surface area contributed by atoms with Gasteiger partial charge >= 0.3 is 0 Å². The minimum absolute atomic E-state index is 0.516. The third-order valence-electron chi connectivity index (χ3n) is 3.83. The van der Waals surface area contributed by atoms with Gasteiger partial charge in [-0.3, -0.25) is 4.90 Å². The maximum Gasteiger partial charge on any atom is 0.0220 e. The Kier molecular flexibility index (Phi) is 5.94. The van der Waals surface area contributed by atoms with E-state index in [0.717, 1.165) is 12.6 Å². The first-order chi connectivity index (χ1) is 7.94. The highest BCUT2D eigenvalue weighted by Crippen LogP contribution is 2.30. The van der Waals surface area contributed by atoms with Crippen LogP contribution in [0, 0.1) is 5.41 Å². The van der Waals surface area contributed by atoms with Crippen LogP contribution in [0.15, 0.2) is 0 Å². The third-order valence-corrected chi connectivity index (χ3v) is 3.83. The Hall–Kier alpha value is -0.0800. The Labute approximate surface area is 108 Å². The van der Waals surface area contributed by atoms with Gasteiger partial charge in [-0.2, -0.15) is 0 Å². The van der Waals surface area contributed by atoms with Gasteiger partial charge in [-0.05, 0) is 31.2 Å². The van der Waals surface area contributed by atoms with Crippen molar-refractivity contribution >= 4 is 0 Å². The highest BCUT2D eigenvalue weighted by molar-refractivity contribution is 4.85. The van der Waals surface area contributed by atoms with Crippen LogP contribution in [-0.2, 0) is 0 Å². The molecule has 1 unspecified atom stereocenters. The monoisotopic (exact) mass is 240 g/mol. The van der Waals surface area contributed by atoms with E-state index in [4.69, 9.17) is 0 Å². The molecule has 0 aliphatic carbocycles. The summed E-state index contributed by atoms with van der Waals surface area (Å²) in [5, 5.41) is 3.61. The molecule has 1 heterocycles. The van der Waals surface area contributed by atoms with Gasteiger partial charge in [-0.1, -0.05) is 41.0 Å². The van der Waals surface area contributed by atoms with Crippen molar-refractivity contribution in [2.24, 2.45) is 5.41 Å². The molecule has 17 heavy (non-hydrogen) atoms. The molecule has 0 spiro atoms. The summed E-state index contributed by atoms with van der Waals surface area (Å²) in [4.78, 5) is 2.72. The van der Waals surface area contributed by atoms with Gasteiger partial charge in [0.25, 0.3) is 0 Å². The quantitative estimate of drug-likeness (QED) is 0.766. The highest BCUT2D eigenvalue weighted by Gasteiger charge is 2.29. The molecular weight excluding hydrogens is 208 g/mol. The molecule has 0 aromatic carbocycles. The lowest BCUT2D eigenvalue weighted by Gasteiger charge is -2.42.